The van der Waals surface area contributed by atoms with E-state index in [0.29, 0.717) is 19.4 Å². The number of aliphatic hydroxyl groups is 5. The molecule has 7 unspecified atom stereocenters. The summed E-state index contributed by atoms with van der Waals surface area (Å²) in [5.41, 5.74) is 0. The summed E-state index contributed by atoms with van der Waals surface area (Å²) < 4.78 is 16.7. The summed E-state index contributed by atoms with van der Waals surface area (Å²) in [4.78, 5) is 25.0. The molecule has 1 heterocycles. The summed E-state index contributed by atoms with van der Waals surface area (Å²) in [5.74, 6) is -0.184. The van der Waals surface area contributed by atoms with E-state index in [1.165, 1.54) is 231 Å². The minimum absolute atomic E-state index is 0.00464. The molecule has 11 heteroatoms. The number of carbonyl (C=O) groups excluding carboxylic acids is 2. The first-order chi connectivity index (χ1) is 38.7. The molecule has 1 fully saturated rings. The normalized spacial score (nSPS) is 18.6. The first-order valence-electron chi connectivity index (χ1n) is 33.8. The maximum atomic E-state index is 13.0. The predicted molar refractivity (Wildman–Crippen MR) is 329 cm³/mol. The third kappa shape index (κ3) is 47.0. The Hall–Kier alpha value is -2.12. The molecule has 0 bridgehead atoms. The molecule has 464 valence electrons. The lowest BCUT2D eigenvalue weighted by Crippen LogP contribution is -2.60. The number of unbranched alkanes of at least 4 members (excludes halogenated alkanes) is 41. The van der Waals surface area contributed by atoms with E-state index < -0.39 is 49.5 Å². The van der Waals surface area contributed by atoms with Gasteiger partial charge in [-0.3, -0.25) is 9.59 Å². The van der Waals surface area contributed by atoms with Crippen LogP contribution in [0.2, 0.25) is 0 Å². The highest BCUT2D eigenvalue weighted by molar-refractivity contribution is 5.76. The lowest BCUT2D eigenvalue weighted by molar-refractivity contribution is -0.302. The van der Waals surface area contributed by atoms with Crippen molar-refractivity contribution in [3.8, 4) is 0 Å². The van der Waals surface area contributed by atoms with Gasteiger partial charge in [0, 0.05) is 12.8 Å². The minimum Gasteiger partial charge on any atom is -0.466 e. The number of ether oxygens (including phenoxy) is 3. The SMILES string of the molecule is CCC/C=C\C/C=C\CCCCCCCC(=O)OCCCCCCCCCCCCCCCCCCCCCCCCCCCCCCCC(=O)NC(COC1OC(CO)C(O)C(O)C1O)C(O)/C=C/CCCCCCCCC. The van der Waals surface area contributed by atoms with Gasteiger partial charge in [0.15, 0.2) is 6.29 Å². The van der Waals surface area contributed by atoms with Crippen molar-refractivity contribution in [2.24, 2.45) is 0 Å². The molecule has 1 amide bonds. The number of aliphatic hydroxyl groups excluding tert-OH is 5. The number of esters is 1. The van der Waals surface area contributed by atoms with Crippen LogP contribution >= 0.6 is 0 Å². The largest absolute Gasteiger partial charge is 0.466 e. The molecule has 0 radical (unpaired) electrons. The molecule has 1 rings (SSSR count). The Morgan fingerprint density at radius 1 is 0.468 bits per heavy atom. The molecule has 0 spiro atoms. The van der Waals surface area contributed by atoms with E-state index in [1.807, 2.05) is 6.08 Å². The molecule has 0 saturated carbocycles. The molecule has 6 N–H and O–H groups in total. The Bertz CT molecular complexity index is 1410. The second-order valence-electron chi connectivity index (χ2n) is 23.5. The van der Waals surface area contributed by atoms with E-state index in [4.69, 9.17) is 14.2 Å². The molecule has 79 heavy (non-hydrogen) atoms. The molecule has 1 saturated heterocycles. The molecule has 0 aromatic rings. The van der Waals surface area contributed by atoms with Crippen LogP contribution in [0.15, 0.2) is 36.5 Å². The van der Waals surface area contributed by atoms with E-state index >= 15 is 0 Å². The summed E-state index contributed by atoms with van der Waals surface area (Å²) >= 11 is 0. The van der Waals surface area contributed by atoms with Gasteiger partial charge in [-0.2, -0.15) is 0 Å². The number of nitrogens with one attached hydrogen (secondary N) is 1. The van der Waals surface area contributed by atoms with Crippen molar-refractivity contribution < 1.29 is 49.3 Å². The highest BCUT2D eigenvalue weighted by Gasteiger charge is 2.44. The average Bonchev–Trinajstić information content (AvgIpc) is 3.45. The Morgan fingerprint density at radius 2 is 0.873 bits per heavy atom. The van der Waals surface area contributed by atoms with Crippen LogP contribution in [0.1, 0.15) is 322 Å². The fourth-order valence-corrected chi connectivity index (χ4v) is 10.7. The molecule has 0 aromatic heterocycles. The summed E-state index contributed by atoms with van der Waals surface area (Å²) in [6, 6.07) is -0.806. The van der Waals surface area contributed by atoms with Gasteiger partial charge >= 0.3 is 5.97 Å². The lowest BCUT2D eigenvalue weighted by Gasteiger charge is -2.40. The van der Waals surface area contributed by atoms with E-state index in [2.05, 4.69) is 43.5 Å². The van der Waals surface area contributed by atoms with Gasteiger partial charge in [0.05, 0.1) is 32.0 Å². The summed E-state index contributed by atoms with van der Waals surface area (Å²) in [5, 5.41) is 54.3. The van der Waals surface area contributed by atoms with Crippen molar-refractivity contribution in [1.29, 1.82) is 0 Å². The molecule has 1 aliphatic heterocycles. The summed E-state index contributed by atoms with van der Waals surface area (Å²) in [6.45, 7) is 4.27. The van der Waals surface area contributed by atoms with Crippen molar-refractivity contribution in [2.45, 2.75) is 365 Å². The van der Waals surface area contributed by atoms with Gasteiger partial charge in [-0.1, -0.05) is 288 Å². The van der Waals surface area contributed by atoms with Crippen LogP contribution in [0.25, 0.3) is 0 Å². The first-order valence-corrected chi connectivity index (χ1v) is 33.8. The smallest absolute Gasteiger partial charge is 0.305 e. The maximum absolute atomic E-state index is 13.0. The van der Waals surface area contributed by atoms with Crippen LogP contribution in [0.5, 0.6) is 0 Å². The Balaban J connectivity index is 1.92. The number of allylic oxidation sites excluding steroid dienone is 5. The predicted octanol–water partition coefficient (Wildman–Crippen LogP) is 16.6. The first kappa shape index (κ1) is 74.9. The fourth-order valence-electron chi connectivity index (χ4n) is 10.7. The highest BCUT2D eigenvalue weighted by Crippen LogP contribution is 2.23. The van der Waals surface area contributed by atoms with E-state index in [-0.39, 0.29) is 18.5 Å². The molecule has 11 nitrogen and oxygen atoms in total. The van der Waals surface area contributed by atoms with E-state index in [0.717, 1.165) is 64.2 Å². The van der Waals surface area contributed by atoms with Crippen LogP contribution in [0, 0.1) is 0 Å². The summed E-state index contributed by atoms with van der Waals surface area (Å²) in [6.07, 6.45) is 62.9. The van der Waals surface area contributed by atoms with Gasteiger partial charge in [0.2, 0.25) is 5.91 Å². The van der Waals surface area contributed by atoms with Crippen molar-refractivity contribution in [3.63, 3.8) is 0 Å². The zero-order chi connectivity index (χ0) is 57.3. The maximum Gasteiger partial charge on any atom is 0.305 e. The molecule has 7 atom stereocenters. The Labute approximate surface area is 485 Å². The molecule has 0 aromatic carbocycles. The highest BCUT2D eigenvalue weighted by atomic mass is 16.7. The zero-order valence-corrected chi connectivity index (χ0v) is 51.3. The number of amides is 1. The molecular formula is C68H127NO10. The van der Waals surface area contributed by atoms with Crippen LogP contribution < -0.4 is 5.32 Å². The van der Waals surface area contributed by atoms with Gasteiger partial charge in [-0.05, 0) is 57.8 Å². The van der Waals surface area contributed by atoms with Crippen LogP contribution in [0.3, 0.4) is 0 Å². The number of hydrogen-bond acceptors (Lipinski definition) is 10. The van der Waals surface area contributed by atoms with Crippen molar-refractivity contribution in [3.05, 3.63) is 36.5 Å². The minimum atomic E-state index is -1.57. The fraction of sp³-hybridized carbons (Fsp3) is 0.882. The number of carbonyl (C=O) groups is 2. The van der Waals surface area contributed by atoms with Gasteiger partial charge in [-0.15, -0.1) is 0 Å². The van der Waals surface area contributed by atoms with Crippen LogP contribution in [-0.4, -0.2) is 100 Å². The van der Waals surface area contributed by atoms with E-state index in [1.54, 1.807) is 6.08 Å². The van der Waals surface area contributed by atoms with Gasteiger partial charge < -0.3 is 45.1 Å². The van der Waals surface area contributed by atoms with Crippen molar-refractivity contribution in [2.75, 3.05) is 19.8 Å². The Kier molecular flexibility index (Phi) is 54.7. The second-order valence-corrected chi connectivity index (χ2v) is 23.5. The number of hydrogen-bond donors (Lipinski definition) is 6. The molecule has 0 aliphatic carbocycles. The van der Waals surface area contributed by atoms with Gasteiger partial charge in [-0.25, -0.2) is 0 Å². The van der Waals surface area contributed by atoms with Gasteiger partial charge in [0.25, 0.3) is 0 Å². The quantitative estimate of drug-likeness (QED) is 0.0195. The monoisotopic (exact) mass is 1120 g/mol. The van der Waals surface area contributed by atoms with Crippen LogP contribution in [0.4, 0.5) is 0 Å². The average molecular weight is 1120 g/mol. The standard InChI is InChI=1S/C68H127NO10/c1-3-5-7-9-11-13-14-32-36-40-44-48-52-56-64(73)77-57-53-49-45-41-37-34-31-29-27-25-23-21-19-17-15-16-18-20-22-24-26-28-30-33-35-39-43-47-51-55-63(72)69-60(61(71)54-50-46-42-38-12-10-8-6-4-2)59-78-68-67(76)66(75)65(74)62(58-70)79-68/h7,9,13-14,50,54,60-62,65-68,70-71,74-76H,3-6,8,10-12,15-49,51-53,55-59H2,1-2H3,(H,69,72)/b9-7-,14-13-,54-50+. The van der Waals surface area contributed by atoms with Gasteiger partial charge in [0.1, 0.15) is 24.4 Å². The van der Waals surface area contributed by atoms with Crippen molar-refractivity contribution >= 4 is 11.9 Å². The number of rotatable bonds is 59. The summed E-state index contributed by atoms with van der Waals surface area (Å²) in [7, 11) is 0. The van der Waals surface area contributed by atoms with Crippen molar-refractivity contribution in [1.82, 2.24) is 5.32 Å². The zero-order valence-electron chi connectivity index (χ0n) is 51.3. The Morgan fingerprint density at radius 3 is 1.33 bits per heavy atom. The van der Waals surface area contributed by atoms with E-state index in [9.17, 15) is 35.1 Å². The molecular weight excluding hydrogens is 991 g/mol. The third-order valence-electron chi connectivity index (χ3n) is 16.0. The van der Waals surface area contributed by atoms with Crippen LogP contribution in [-0.2, 0) is 23.8 Å². The molecule has 1 aliphatic rings. The lowest BCUT2D eigenvalue weighted by atomic mass is 9.99. The second kappa shape index (κ2) is 57.7. The third-order valence-corrected chi connectivity index (χ3v) is 16.0. The topological polar surface area (TPSA) is 175 Å².